The number of benzene rings is 1. The van der Waals surface area contributed by atoms with Crippen molar-refractivity contribution in [2.75, 3.05) is 18.0 Å². The molecule has 3 heteroatoms. The molecule has 0 bridgehead atoms. The Morgan fingerprint density at radius 1 is 1.53 bits per heavy atom. The van der Waals surface area contributed by atoms with Crippen molar-refractivity contribution in [3.05, 3.63) is 28.2 Å². The van der Waals surface area contributed by atoms with Crippen LogP contribution in [0.4, 0.5) is 5.69 Å². The van der Waals surface area contributed by atoms with E-state index in [1.807, 2.05) is 12.1 Å². The quantitative estimate of drug-likeness (QED) is 0.843. The second kappa shape index (κ2) is 5.55. The van der Waals surface area contributed by atoms with Crippen molar-refractivity contribution in [2.24, 2.45) is 5.92 Å². The van der Waals surface area contributed by atoms with Crippen molar-refractivity contribution < 1.29 is 0 Å². The highest BCUT2D eigenvalue weighted by atomic mass is 79.9. The third-order valence-corrected chi connectivity index (χ3v) is 4.04. The second-order valence-corrected chi connectivity index (χ2v) is 5.52. The van der Waals surface area contributed by atoms with Crippen LogP contribution in [0.5, 0.6) is 0 Å². The average Bonchev–Trinajstić information content (AvgIpc) is 2.78. The molecule has 1 fully saturated rings. The summed E-state index contributed by atoms with van der Waals surface area (Å²) in [6.45, 7) is 4.54. The summed E-state index contributed by atoms with van der Waals surface area (Å²) in [5.41, 5.74) is 1.94. The van der Waals surface area contributed by atoms with E-state index in [0.29, 0.717) is 5.56 Å². The second-order valence-electron chi connectivity index (χ2n) is 4.67. The molecule has 1 atom stereocenters. The summed E-state index contributed by atoms with van der Waals surface area (Å²) in [4.78, 5) is 2.42. The van der Waals surface area contributed by atoms with Crippen LogP contribution in [0.25, 0.3) is 0 Å². The smallest absolute Gasteiger partial charge is 0.0992 e. The van der Waals surface area contributed by atoms with E-state index in [2.05, 4.69) is 39.9 Å². The Labute approximate surface area is 111 Å². The number of hydrogen-bond donors (Lipinski definition) is 0. The van der Waals surface area contributed by atoms with Crippen LogP contribution in [0.3, 0.4) is 0 Å². The van der Waals surface area contributed by atoms with Gasteiger partial charge in [-0.15, -0.1) is 0 Å². The van der Waals surface area contributed by atoms with Gasteiger partial charge < -0.3 is 4.90 Å². The highest BCUT2D eigenvalue weighted by Crippen LogP contribution is 2.32. The van der Waals surface area contributed by atoms with E-state index in [0.717, 1.165) is 23.5 Å². The molecule has 1 aliphatic rings. The van der Waals surface area contributed by atoms with E-state index < -0.39 is 0 Å². The van der Waals surface area contributed by atoms with Gasteiger partial charge in [-0.2, -0.15) is 5.26 Å². The first-order valence-electron chi connectivity index (χ1n) is 6.19. The van der Waals surface area contributed by atoms with Gasteiger partial charge in [0, 0.05) is 17.6 Å². The Morgan fingerprint density at radius 2 is 2.35 bits per heavy atom. The lowest BCUT2D eigenvalue weighted by atomic mass is 10.0. The summed E-state index contributed by atoms with van der Waals surface area (Å²) in [5.74, 6) is 0.836. The fraction of sp³-hybridized carbons (Fsp3) is 0.500. The van der Waals surface area contributed by atoms with Crippen LogP contribution < -0.4 is 4.90 Å². The number of anilines is 1. The molecule has 17 heavy (non-hydrogen) atoms. The summed E-state index contributed by atoms with van der Waals surface area (Å²) >= 11 is 3.56. The van der Waals surface area contributed by atoms with Crippen LogP contribution in [0.15, 0.2) is 22.7 Å². The monoisotopic (exact) mass is 292 g/mol. The van der Waals surface area contributed by atoms with Gasteiger partial charge in [-0.05, 0) is 52.9 Å². The standard InChI is InChI=1S/C14H17BrN2/c1-2-3-11-6-7-17(10-11)14-5-4-12(9-16)8-13(14)15/h4-5,8,11H,2-3,6-7,10H2,1H3. The summed E-state index contributed by atoms with van der Waals surface area (Å²) < 4.78 is 1.04. The van der Waals surface area contributed by atoms with Gasteiger partial charge in [-0.25, -0.2) is 0 Å². The van der Waals surface area contributed by atoms with Gasteiger partial charge in [0.25, 0.3) is 0 Å². The minimum absolute atomic E-state index is 0.713. The minimum atomic E-state index is 0.713. The maximum Gasteiger partial charge on any atom is 0.0992 e. The number of nitrogens with zero attached hydrogens (tertiary/aromatic N) is 2. The summed E-state index contributed by atoms with van der Waals surface area (Å²) in [7, 11) is 0. The lowest BCUT2D eigenvalue weighted by Crippen LogP contribution is -2.20. The molecule has 2 rings (SSSR count). The fourth-order valence-corrected chi connectivity index (χ4v) is 3.16. The fourth-order valence-electron chi connectivity index (χ4n) is 2.53. The van der Waals surface area contributed by atoms with Gasteiger partial charge in [0.05, 0.1) is 17.3 Å². The van der Waals surface area contributed by atoms with Crippen molar-refractivity contribution in [3.8, 4) is 6.07 Å². The Balaban J connectivity index is 2.11. The Hall–Kier alpha value is -1.01. The zero-order valence-electron chi connectivity index (χ0n) is 10.1. The topological polar surface area (TPSA) is 27.0 Å². The van der Waals surface area contributed by atoms with Crippen molar-refractivity contribution in [1.29, 1.82) is 5.26 Å². The highest BCUT2D eigenvalue weighted by molar-refractivity contribution is 9.10. The van der Waals surface area contributed by atoms with Gasteiger partial charge >= 0.3 is 0 Å². The van der Waals surface area contributed by atoms with Crippen molar-refractivity contribution in [1.82, 2.24) is 0 Å². The van der Waals surface area contributed by atoms with E-state index in [9.17, 15) is 0 Å². The van der Waals surface area contributed by atoms with Crippen molar-refractivity contribution in [2.45, 2.75) is 26.2 Å². The molecule has 1 aromatic carbocycles. The number of nitriles is 1. The molecule has 0 spiro atoms. The SMILES string of the molecule is CCCC1CCN(c2ccc(C#N)cc2Br)C1. The van der Waals surface area contributed by atoms with Crippen LogP contribution in [0, 0.1) is 17.2 Å². The van der Waals surface area contributed by atoms with Crippen LogP contribution in [-0.4, -0.2) is 13.1 Å². The first-order valence-corrected chi connectivity index (χ1v) is 6.98. The molecule has 0 N–H and O–H groups in total. The third kappa shape index (κ3) is 2.81. The predicted molar refractivity (Wildman–Crippen MR) is 74.1 cm³/mol. The van der Waals surface area contributed by atoms with Gasteiger partial charge in [0.2, 0.25) is 0 Å². The first kappa shape index (κ1) is 12.4. The summed E-state index contributed by atoms with van der Waals surface area (Å²) in [6, 6.07) is 8.02. The van der Waals surface area contributed by atoms with Gasteiger partial charge in [-0.1, -0.05) is 13.3 Å². The van der Waals surface area contributed by atoms with Crippen LogP contribution in [-0.2, 0) is 0 Å². The number of hydrogen-bond acceptors (Lipinski definition) is 2. The Bertz CT molecular complexity index is 436. The molecule has 0 aliphatic carbocycles. The minimum Gasteiger partial charge on any atom is -0.370 e. The summed E-state index contributed by atoms with van der Waals surface area (Å²) in [5, 5.41) is 8.85. The molecule has 0 radical (unpaired) electrons. The molecule has 2 nitrogen and oxygen atoms in total. The number of rotatable bonds is 3. The largest absolute Gasteiger partial charge is 0.370 e. The van der Waals surface area contributed by atoms with Crippen molar-refractivity contribution in [3.63, 3.8) is 0 Å². The molecule has 0 saturated carbocycles. The van der Waals surface area contributed by atoms with Gasteiger partial charge in [-0.3, -0.25) is 0 Å². The first-order chi connectivity index (χ1) is 8.24. The zero-order chi connectivity index (χ0) is 12.3. The van der Waals surface area contributed by atoms with Crippen molar-refractivity contribution >= 4 is 21.6 Å². The Kier molecular flexibility index (Phi) is 4.06. The molecule has 0 amide bonds. The molecule has 90 valence electrons. The van der Waals surface area contributed by atoms with E-state index in [-0.39, 0.29) is 0 Å². The molecule has 1 saturated heterocycles. The van der Waals surface area contributed by atoms with E-state index in [1.54, 1.807) is 0 Å². The molecular weight excluding hydrogens is 276 g/mol. The molecule has 1 aromatic rings. The van der Waals surface area contributed by atoms with Crippen LogP contribution in [0.2, 0.25) is 0 Å². The molecular formula is C14H17BrN2. The van der Waals surface area contributed by atoms with Gasteiger partial charge in [0.1, 0.15) is 0 Å². The summed E-state index contributed by atoms with van der Waals surface area (Å²) in [6.07, 6.45) is 3.89. The van der Waals surface area contributed by atoms with E-state index in [1.165, 1.54) is 24.9 Å². The maximum absolute atomic E-state index is 8.85. The normalized spacial score (nSPS) is 19.4. The lowest BCUT2D eigenvalue weighted by molar-refractivity contribution is 0.530. The number of halogens is 1. The average molecular weight is 293 g/mol. The van der Waals surface area contributed by atoms with Gasteiger partial charge in [0.15, 0.2) is 0 Å². The van der Waals surface area contributed by atoms with E-state index >= 15 is 0 Å². The zero-order valence-corrected chi connectivity index (χ0v) is 11.7. The Morgan fingerprint density at radius 3 is 3.00 bits per heavy atom. The van der Waals surface area contributed by atoms with E-state index in [4.69, 9.17) is 5.26 Å². The molecule has 0 aromatic heterocycles. The molecule has 1 unspecified atom stereocenters. The lowest BCUT2D eigenvalue weighted by Gasteiger charge is -2.20. The molecule has 1 aliphatic heterocycles. The highest BCUT2D eigenvalue weighted by Gasteiger charge is 2.23. The third-order valence-electron chi connectivity index (χ3n) is 3.40. The maximum atomic E-state index is 8.85. The van der Waals surface area contributed by atoms with Crippen LogP contribution in [0.1, 0.15) is 31.7 Å². The van der Waals surface area contributed by atoms with Crippen LogP contribution >= 0.6 is 15.9 Å². The molecule has 1 heterocycles. The predicted octanol–water partition coefficient (Wildman–Crippen LogP) is 3.95.